The standard InChI is InChI=1S/C27H33N3O3S2/c1-2-30(22-8-4-3-5-9-22)35(32,33)23-14-12-21(13-15-23)27(31)29-18-16-20(17-19-29)26-28-24-10-6-7-11-25(24)34-26/h6-7,10-15,20,22H,2-5,8-9,16-19H2,1H3. The lowest BCUT2D eigenvalue weighted by Crippen LogP contribution is -2.41. The molecular formula is C27H33N3O3S2. The highest BCUT2D eigenvalue weighted by molar-refractivity contribution is 7.89. The normalized spacial score (nSPS) is 18.4. The fraction of sp³-hybridized carbons (Fsp3) is 0.481. The molecule has 8 heteroatoms. The first-order valence-electron chi connectivity index (χ1n) is 12.7. The molecule has 0 bridgehead atoms. The van der Waals surface area contributed by atoms with Crippen LogP contribution in [0.5, 0.6) is 0 Å². The maximum absolute atomic E-state index is 13.3. The van der Waals surface area contributed by atoms with Crippen LogP contribution in [0.25, 0.3) is 10.2 Å². The number of carbonyl (C=O) groups excluding carboxylic acids is 1. The van der Waals surface area contributed by atoms with Crippen molar-refractivity contribution in [2.45, 2.75) is 68.7 Å². The number of para-hydroxylation sites is 1. The fourth-order valence-corrected chi connectivity index (χ4v) is 8.31. The molecule has 6 nitrogen and oxygen atoms in total. The molecule has 2 aliphatic rings. The van der Waals surface area contributed by atoms with Crippen LogP contribution in [-0.4, -0.2) is 54.2 Å². The van der Waals surface area contributed by atoms with Gasteiger partial charge in [0, 0.05) is 37.2 Å². The Morgan fingerprint density at radius 3 is 2.34 bits per heavy atom. The summed E-state index contributed by atoms with van der Waals surface area (Å²) in [5.41, 5.74) is 1.59. The molecule has 1 amide bonds. The maximum atomic E-state index is 13.3. The summed E-state index contributed by atoms with van der Waals surface area (Å²) in [5.74, 6) is 0.347. The lowest BCUT2D eigenvalue weighted by molar-refractivity contribution is 0.0713. The molecule has 1 saturated heterocycles. The first-order chi connectivity index (χ1) is 17.0. The van der Waals surface area contributed by atoms with E-state index in [1.165, 1.54) is 11.1 Å². The first kappa shape index (κ1) is 24.4. The number of fused-ring (bicyclic) bond motifs is 1. The summed E-state index contributed by atoms with van der Waals surface area (Å²) in [6, 6.07) is 14.8. The van der Waals surface area contributed by atoms with Crippen molar-refractivity contribution in [1.29, 1.82) is 0 Å². The second-order valence-electron chi connectivity index (χ2n) is 9.61. The van der Waals surface area contributed by atoms with Gasteiger partial charge in [0.25, 0.3) is 5.91 Å². The number of thiazole rings is 1. The van der Waals surface area contributed by atoms with Gasteiger partial charge in [0.2, 0.25) is 10.0 Å². The van der Waals surface area contributed by atoms with Gasteiger partial charge in [-0.3, -0.25) is 4.79 Å². The van der Waals surface area contributed by atoms with E-state index in [0.717, 1.165) is 49.0 Å². The molecule has 35 heavy (non-hydrogen) atoms. The highest BCUT2D eigenvalue weighted by Gasteiger charge is 2.32. The number of likely N-dealkylation sites (tertiary alicyclic amines) is 1. The van der Waals surface area contributed by atoms with Crippen LogP contribution >= 0.6 is 11.3 Å². The van der Waals surface area contributed by atoms with Gasteiger partial charge in [0.1, 0.15) is 0 Å². The Balaban J connectivity index is 1.23. The zero-order chi connectivity index (χ0) is 24.4. The summed E-state index contributed by atoms with van der Waals surface area (Å²) in [5, 5.41) is 1.16. The van der Waals surface area contributed by atoms with Crippen molar-refractivity contribution in [2.75, 3.05) is 19.6 Å². The van der Waals surface area contributed by atoms with E-state index in [1.54, 1.807) is 39.9 Å². The summed E-state index contributed by atoms with van der Waals surface area (Å²) in [7, 11) is -3.56. The minimum atomic E-state index is -3.56. The van der Waals surface area contributed by atoms with E-state index in [2.05, 4.69) is 6.07 Å². The Hall–Kier alpha value is -2.29. The van der Waals surface area contributed by atoms with Gasteiger partial charge < -0.3 is 4.90 Å². The van der Waals surface area contributed by atoms with Crippen LogP contribution in [0.3, 0.4) is 0 Å². The SMILES string of the molecule is CCN(C1CCCCC1)S(=O)(=O)c1ccc(C(=O)N2CCC(c3nc4ccccc4s3)CC2)cc1. The van der Waals surface area contributed by atoms with Gasteiger partial charge in [-0.25, -0.2) is 13.4 Å². The molecule has 3 aromatic rings. The van der Waals surface area contributed by atoms with Gasteiger partial charge in [0.05, 0.1) is 20.1 Å². The van der Waals surface area contributed by atoms with E-state index in [4.69, 9.17) is 4.98 Å². The topological polar surface area (TPSA) is 70.6 Å². The van der Waals surface area contributed by atoms with Crippen LogP contribution in [0.4, 0.5) is 0 Å². The number of piperidine rings is 1. The van der Waals surface area contributed by atoms with Gasteiger partial charge >= 0.3 is 0 Å². The second kappa shape index (κ2) is 10.4. The minimum Gasteiger partial charge on any atom is -0.339 e. The maximum Gasteiger partial charge on any atom is 0.253 e. The number of nitrogens with zero attached hydrogens (tertiary/aromatic N) is 3. The Bertz CT molecular complexity index is 1240. The van der Waals surface area contributed by atoms with Crippen LogP contribution in [0.15, 0.2) is 53.4 Å². The van der Waals surface area contributed by atoms with Crippen LogP contribution in [0.2, 0.25) is 0 Å². The molecule has 186 valence electrons. The molecule has 5 rings (SSSR count). The zero-order valence-corrected chi connectivity index (χ0v) is 21.9. The quantitative estimate of drug-likeness (QED) is 0.428. The second-order valence-corrected chi connectivity index (χ2v) is 12.6. The molecule has 1 aliphatic carbocycles. The van der Waals surface area contributed by atoms with Crippen LogP contribution in [0, 0.1) is 0 Å². The summed E-state index contributed by atoms with van der Waals surface area (Å²) in [6.07, 6.45) is 6.99. The molecule has 1 saturated carbocycles. The zero-order valence-electron chi connectivity index (χ0n) is 20.2. The number of hydrogen-bond acceptors (Lipinski definition) is 5. The number of amides is 1. The molecule has 0 radical (unpaired) electrons. The van der Waals surface area contributed by atoms with Crippen molar-refractivity contribution in [3.63, 3.8) is 0 Å². The van der Waals surface area contributed by atoms with E-state index in [0.29, 0.717) is 31.1 Å². The lowest BCUT2D eigenvalue weighted by atomic mass is 9.95. The predicted molar refractivity (Wildman–Crippen MR) is 140 cm³/mol. The molecule has 0 unspecified atom stereocenters. The van der Waals surface area contributed by atoms with Crippen molar-refractivity contribution >= 4 is 37.5 Å². The predicted octanol–water partition coefficient (Wildman–Crippen LogP) is 5.66. The summed E-state index contributed by atoms with van der Waals surface area (Å²) in [6.45, 7) is 3.74. The molecule has 2 fully saturated rings. The van der Waals surface area contributed by atoms with Crippen LogP contribution < -0.4 is 0 Å². The summed E-state index contributed by atoms with van der Waals surface area (Å²) < 4.78 is 29.5. The Morgan fingerprint density at radius 2 is 1.69 bits per heavy atom. The third-order valence-corrected chi connectivity index (χ3v) is 10.7. The summed E-state index contributed by atoms with van der Waals surface area (Å²) >= 11 is 1.75. The molecular weight excluding hydrogens is 478 g/mol. The van der Waals surface area contributed by atoms with Gasteiger partial charge in [-0.05, 0) is 62.1 Å². The Kier molecular flexibility index (Phi) is 7.23. The molecule has 2 aromatic carbocycles. The van der Waals surface area contributed by atoms with Crippen molar-refractivity contribution in [3.05, 3.63) is 59.1 Å². The lowest BCUT2D eigenvalue weighted by Gasteiger charge is -2.32. The molecule has 0 N–H and O–H groups in total. The van der Waals surface area contributed by atoms with Gasteiger partial charge in [-0.1, -0.05) is 38.3 Å². The number of sulfonamides is 1. The molecule has 0 spiro atoms. The van der Waals surface area contributed by atoms with Gasteiger partial charge in [0.15, 0.2) is 0 Å². The van der Waals surface area contributed by atoms with Crippen molar-refractivity contribution in [3.8, 4) is 0 Å². The third-order valence-electron chi connectivity index (χ3n) is 7.44. The third kappa shape index (κ3) is 5.01. The molecule has 2 heterocycles. The highest BCUT2D eigenvalue weighted by Crippen LogP contribution is 2.34. The van der Waals surface area contributed by atoms with E-state index in [-0.39, 0.29) is 16.8 Å². The van der Waals surface area contributed by atoms with Crippen molar-refractivity contribution in [2.24, 2.45) is 0 Å². The molecule has 0 atom stereocenters. The number of benzene rings is 2. The first-order valence-corrected chi connectivity index (χ1v) is 15.0. The highest BCUT2D eigenvalue weighted by atomic mass is 32.2. The number of carbonyl (C=O) groups is 1. The molecule has 1 aliphatic heterocycles. The van der Waals surface area contributed by atoms with Gasteiger partial charge in [-0.2, -0.15) is 4.31 Å². The largest absolute Gasteiger partial charge is 0.339 e. The number of rotatable bonds is 6. The van der Waals surface area contributed by atoms with E-state index in [9.17, 15) is 13.2 Å². The monoisotopic (exact) mass is 511 g/mol. The van der Waals surface area contributed by atoms with E-state index >= 15 is 0 Å². The average molecular weight is 512 g/mol. The molecule has 1 aromatic heterocycles. The smallest absolute Gasteiger partial charge is 0.253 e. The van der Waals surface area contributed by atoms with Crippen LogP contribution in [0.1, 0.15) is 73.2 Å². The van der Waals surface area contributed by atoms with E-state index in [1.807, 2.05) is 30.0 Å². The minimum absolute atomic E-state index is 0.0312. The average Bonchev–Trinajstić information content (AvgIpc) is 3.34. The van der Waals surface area contributed by atoms with Crippen molar-refractivity contribution in [1.82, 2.24) is 14.2 Å². The fourth-order valence-electron chi connectivity index (χ4n) is 5.48. The Morgan fingerprint density at radius 1 is 1.00 bits per heavy atom. The van der Waals surface area contributed by atoms with Gasteiger partial charge in [-0.15, -0.1) is 11.3 Å². The summed E-state index contributed by atoms with van der Waals surface area (Å²) in [4.78, 5) is 20.1. The Labute approximate surface area is 212 Å². The number of aromatic nitrogens is 1. The van der Waals surface area contributed by atoms with E-state index < -0.39 is 10.0 Å². The van der Waals surface area contributed by atoms with Crippen LogP contribution in [-0.2, 0) is 10.0 Å². The van der Waals surface area contributed by atoms with Crippen molar-refractivity contribution < 1.29 is 13.2 Å². The number of hydrogen-bond donors (Lipinski definition) is 0.